The van der Waals surface area contributed by atoms with Gasteiger partial charge in [0.25, 0.3) is 0 Å². The van der Waals surface area contributed by atoms with Crippen LogP contribution in [0.25, 0.3) is 0 Å². The van der Waals surface area contributed by atoms with Crippen LogP contribution in [0.4, 0.5) is 4.79 Å². The molecule has 114 valence electrons. The number of hydrogen-bond donors (Lipinski definition) is 0. The summed E-state index contributed by atoms with van der Waals surface area (Å²) in [6, 6.07) is 6.02. The fourth-order valence-corrected chi connectivity index (χ4v) is 1.34. The minimum atomic E-state index is -1.04. The van der Waals surface area contributed by atoms with Gasteiger partial charge >= 0.3 is 12.1 Å². The van der Waals surface area contributed by atoms with Gasteiger partial charge in [0.1, 0.15) is 5.75 Å². The van der Waals surface area contributed by atoms with Gasteiger partial charge in [0, 0.05) is 12.5 Å². The first-order valence-electron chi connectivity index (χ1n) is 6.49. The van der Waals surface area contributed by atoms with Gasteiger partial charge in [-0.05, 0) is 31.2 Å². The Bertz CT molecular complexity index is 517. The van der Waals surface area contributed by atoms with Crippen molar-refractivity contribution in [2.45, 2.75) is 34.0 Å². The molecule has 6 heteroatoms. The largest absolute Gasteiger partial charge is 0.516 e. The van der Waals surface area contributed by atoms with E-state index in [9.17, 15) is 14.4 Å². The van der Waals surface area contributed by atoms with Crippen molar-refractivity contribution in [2.75, 3.05) is 0 Å². The first-order chi connectivity index (χ1) is 9.79. The van der Waals surface area contributed by atoms with Gasteiger partial charge in [0.05, 0.1) is 5.92 Å². The molecule has 0 aliphatic rings. The normalized spacial score (nSPS) is 11.7. The van der Waals surface area contributed by atoms with Crippen LogP contribution < -0.4 is 4.74 Å². The third-order valence-corrected chi connectivity index (χ3v) is 2.48. The molecule has 1 aromatic carbocycles. The van der Waals surface area contributed by atoms with Crippen molar-refractivity contribution in [1.29, 1.82) is 0 Å². The standard InChI is InChI=1S/C15H18O6/c1-9(2)14(17)19-11(4)20-15(18)21-13-7-5-12(6-8-13)10(3)16/h5-9,11H,1-4H3. The lowest BCUT2D eigenvalue weighted by Gasteiger charge is -2.15. The average molecular weight is 294 g/mol. The number of rotatable bonds is 5. The van der Waals surface area contributed by atoms with E-state index < -0.39 is 18.4 Å². The van der Waals surface area contributed by atoms with Gasteiger partial charge in [-0.15, -0.1) is 0 Å². The molecular weight excluding hydrogens is 276 g/mol. The van der Waals surface area contributed by atoms with Crippen LogP contribution >= 0.6 is 0 Å². The van der Waals surface area contributed by atoms with Gasteiger partial charge in [-0.25, -0.2) is 4.79 Å². The molecule has 0 fully saturated rings. The second kappa shape index (κ2) is 7.42. The summed E-state index contributed by atoms with van der Waals surface area (Å²) in [6.07, 6.45) is -2.03. The molecule has 0 aliphatic heterocycles. The smallest absolute Gasteiger partial charge is 0.425 e. The Labute approximate surface area is 123 Å². The van der Waals surface area contributed by atoms with Crippen LogP contribution in [0.5, 0.6) is 5.75 Å². The second-order valence-electron chi connectivity index (χ2n) is 4.71. The van der Waals surface area contributed by atoms with E-state index in [1.165, 1.54) is 38.1 Å². The highest BCUT2D eigenvalue weighted by molar-refractivity contribution is 5.94. The molecule has 0 spiro atoms. The van der Waals surface area contributed by atoms with Crippen molar-refractivity contribution in [3.8, 4) is 5.75 Å². The molecule has 0 bridgehead atoms. The maximum Gasteiger partial charge on any atom is 0.516 e. The number of carbonyl (C=O) groups is 3. The zero-order valence-corrected chi connectivity index (χ0v) is 12.4. The Kier molecular flexibility index (Phi) is 5.90. The Balaban J connectivity index is 2.49. The number of benzene rings is 1. The molecule has 1 rings (SSSR count). The Hall–Kier alpha value is -2.37. The van der Waals surface area contributed by atoms with Crippen LogP contribution in [0.1, 0.15) is 38.1 Å². The Morgan fingerprint density at radius 1 is 0.952 bits per heavy atom. The van der Waals surface area contributed by atoms with E-state index in [0.717, 1.165) is 0 Å². The third-order valence-electron chi connectivity index (χ3n) is 2.48. The van der Waals surface area contributed by atoms with Crippen molar-refractivity contribution in [3.63, 3.8) is 0 Å². The number of ketones is 1. The van der Waals surface area contributed by atoms with Crippen LogP contribution in [0.2, 0.25) is 0 Å². The molecule has 0 aliphatic carbocycles. The zero-order valence-electron chi connectivity index (χ0n) is 12.4. The Morgan fingerprint density at radius 3 is 2.00 bits per heavy atom. The van der Waals surface area contributed by atoms with Gasteiger partial charge in [0.15, 0.2) is 5.78 Å². The van der Waals surface area contributed by atoms with Crippen LogP contribution in [0.3, 0.4) is 0 Å². The van der Waals surface area contributed by atoms with Crippen molar-refractivity contribution in [2.24, 2.45) is 5.92 Å². The molecule has 1 atom stereocenters. The molecule has 0 radical (unpaired) electrons. The highest BCUT2D eigenvalue weighted by Crippen LogP contribution is 2.14. The molecule has 0 amide bonds. The van der Waals surface area contributed by atoms with Gasteiger partial charge < -0.3 is 14.2 Å². The number of hydrogen-bond acceptors (Lipinski definition) is 6. The SMILES string of the molecule is CC(=O)c1ccc(OC(=O)OC(C)OC(=O)C(C)C)cc1. The molecule has 6 nitrogen and oxygen atoms in total. The fourth-order valence-electron chi connectivity index (χ4n) is 1.34. The summed E-state index contributed by atoms with van der Waals surface area (Å²) in [5, 5.41) is 0. The van der Waals surface area contributed by atoms with E-state index in [4.69, 9.17) is 14.2 Å². The number of carbonyl (C=O) groups excluding carboxylic acids is 3. The van der Waals surface area contributed by atoms with Crippen molar-refractivity contribution in [3.05, 3.63) is 29.8 Å². The van der Waals surface area contributed by atoms with Gasteiger partial charge in [-0.2, -0.15) is 0 Å². The average Bonchev–Trinajstić information content (AvgIpc) is 2.38. The predicted molar refractivity (Wildman–Crippen MR) is 73.9 cm³/mol. The van der Waals surface area contributed by atoms with Crippen LogP contribution in [-0.2, 0) is 14.3 Å². The topological polar surface area (TPSA) is 78.9 Å². The minimum Gasteiger partial charge on any atom is -0.425 e. The van der Waals surface area contributed by atoms with Gasteiger partial charge in [-0.3, -0.25) is 9.59 Å². The lowest BCUT2D eigenvalue weighted by atomic mass is 10.1. The molecule has 21 heavy (non-hydrogen) atoms. The molecule has 0 heterocycles. The van der Waals surface area contributed by atoms with Crippen molar-refractivity contribution < 1.29 is 28.6 Å². The first-order valence-corrected chi connectivity index (χ1v) is 6.49. The molecule has 0 N–H and O–H groups in total. The summed E-state index contributed by atoms with van der Waals surface area (Å²) in [4.78, 5) is 33.9. The minimum absolute atomic E-state index is 0.0849. The van der Waals surface area contributed by atoms with Crippen molar-refractivity contribution >= 4 is 17.9 Å². The number of esters is 1. The maximum atomic E-state index is 11.5. The molecular formula is C15H18O6. The first kappa shape index (κ1) is 16.7. The summed E-state index contributed by atoms with van der Waals surface area (Å²) in [6.45, 7) is 6.20. The summed E-state index contributed by atoms with van der Waals surface area (Å²) in [7, 11) is 0. The summed E-state index contributed by atoms with van der Waals surface area (Å²) >= 11 is 0. The molecule has 0 saturated carbocycles. The summed E-state index contributed by atoms with van der Waals surface area (Å²) < 4.78 is 14.5. The lowest BCUT2D eigenvalue weighted by Crippen LogP contribution is -2.25. The van der Waals surface area contributed by atoms with E-state index in [1.807, 2.05) is 0 Å². The van der Waals surface area contributed by atoms with Gasteiger partial charge in [0.2, 0.25) is 6.29 Å². The molecule has 1 unspecified atom stereocenters. The van der Waals surface area contributed by atoms with Crippen LogP contribution in [0.15, 0.2) is 24.3 Å². The van der Waals surface area contributed by atoms with E-state index >= 15 is 0 Å². The van der Waals surface area contributed by atoms with E-state index in [1.54, 1.807) is 13.8 Å². The molecule has 0 aromatic heterocycles. The number of ether oxygens (including phenoxy) is 3. The second-order valence-corrected chi connectivity index (χ2v) is 4.71. The highest BCUT2D eigenvalue weighted by Gasteiger charge is 2.17. The summed E-state index contributed by atoms with van der Waals surface area (Å²) in [5.74, 6) is -0.641. The zero-order chi connectivity index (χ0) is 16.0. The van der Waals surface area contributed by atoms with E-state index in [0.29, 0.717) is 5.56 Å². The van der Waals surface area contributed by atoms with E-state index in [2.05, 4.69) is 0 Å². The monoisotopic (exact) mass is 294 g/mol. The Morgan fingerprint density at radius 2 is 1.52 bits per heavy atom. The molecule has 1 aromatic rings. The highest BCUT2D eigenvalue weighted by atomic mass is 16.8. The predicted octanol–water partition coefficient (Wildman–Crippen LogP) is 2.95. The quantitative estimate of drug-likeness (QED) is 0.359. The van der Waals surface area contributed by atoms with Gasteiger partial charge in [-0.1, -0.05) is 13.8 Å². The fraction of sp³-hybridized carbons (Fsp3) is 0.400. The van der Waals surface area contributed by atoms with Crippen LogP contribution in [0, 0.1) is 5.92 Å². The van der Waals surface area contributed by atoms with Crippen molar-refractivity contribution in [1.82, 2.24) is 0 Å². The third kappa shape index (κ3) is 5.64. The summed E-state index contributed by atoms with van der Waals surface area (Å²) in [5.41, 5.74) is 0.509. The maximum absolute atomic E-state index is 11.5. The lowest BCUT2D eigenvalue weighted by molar-refractivity contribution is -0.170. The number of Topliss-reactive ketones (excluding diaryl/α,β-unsaturated/α-hetero) is 1. The van der Waals surface area contributed by atoms with E-state index in [-0.39, 0.29) is 17.5 Å². The molecule has 0 saturated heterocycles. The van der Waals surface area contributed by atoms with Crippen LogP contribution in [-0.4, -0.2) is 24.2 Å².